The first-order valence-corrected chi connectivity index (χ1v) is 10.6. The molecule has 0 aliphatic rings. The molecule has 0 aromatic heterocycles. The van der Waals surface area contributed by atoms with E-state index in [0.29, 0.717) is 52.9 Å². The highest BCUT2D eigenvalue weighted by Crippen LogP contribution is 1.98. The van der Waals surface area contributed by atoms with E-state index in [1.807, 2.05) is 0 Å². The van der Waals surface area contributed by atoms with Gasteiger partial charge in [-0.25, -0.2) is 0 Å². The lowest BCUT2D eigenvalue weighted by molar-refractivity contribution is -0.0786. The van der Waals surface area contributed by atoms with Crippen LogP contribution in [0, 0.1) is 0 Å². The van der Waals surface area contributed by atoms with E-state index in [-0.39, 0.29) is 32.5 Å². The molecule has 0 unspecified atom stereocenters. The summed E-state index contributed by atoms with van der Waals surface area (Å²) in [6.45, 7) is 4.42. The first-order chi connectivity index (χ1) is 13.0. The fourth-order valence-corrected chi connectivity index (χ4v) is 2.07. The molecule has 0 radical (unpaired) electrons. The minimum absolute atomic E-state index is 0.0599. The van der Waals surface area contributed by atoms with Crippen LogP contribution in [0.1, 0.15) is 0 Å². The van der Waals surface area contributed by atoms with E-state index in [2.05, 4.69) is 4.18 Å². The molecule has 27 heavy (non-hydrogen) atoms. The van der Waals surface area contributed by atoms with E-state index in [1.54, 1.807) is 14.2 Å². The molecule has 0 fully saturated rings. The van der Waals surface area contributed by atoms with Crippen molar-refractivity contribution >= 4 is 10.1 Å². The molecule has 0 atom stereocenters. The summed E-state index contributed by atoms with van der Waals surface area (Å²) in [6.07, 6.45) is 0.634. The largest absolute Gasteiger partial charge is 0.382 e. The summed E-state index contributed by atoms with van der Waals surface area (Å²) in [7, 11) is -0.264. The summed E-state index contributed by atoms with van der Waals surface area (Å²) in [5.74, 6) is 0. The molecular weight excluding hydrogens is 384 g/mol. The van der Waals surface area contributed by atoms with Gasteiger partial charge in [0, 0.05) is 14.2 Å². The molecule has 0 aliphatic heterocycles. The Balaban J connectivity index is 3.91. The highest BCUT2D eigenvalue weighted by molar-refractivity contribution is 7.85. The van der Waals surface area contributed by atoms with Crippen LogP contribution in [-0.2, 0) is 47.5 Å². The molecule has 0 aliphatic carbocycles. The average molecular weight is 419 g/mol. The highest BCUT2D eigenvalue weighted by Gasteiger charge is 2.11. The Morgan fingerprint density at radius 3 is 1.52 bits per heavy atom. The fourth-order valence-electron chi connectivity index (χ4n) is 1.70. The Morgan fingerprint density at radius 2 is 1.07 bits per heavy atom. The van der Waals surface area contributed by atoms with Gasteiger partial charge in [0.1, 0.15) is 6.10 Å². The molecule has 11 heteroatoms. The zero-order chi connectivity index (χ0) is 20.2. The molecule has 0 aromatic rings. The molecular formula is C16H34O10S. The Kier molecular flexibility index (Phi) is 18.7. The number of hydrogen-bond acceptors (Lipinski definition) is 10. The maximum absolute atomic E-state index is 10.9. The maximum atomic E-state index is 10.9. The summed E-state index contributed by atoms with van der Waals surface area (Å²) >= 11 is 0. The Bertz CT molecular complexity index is 386. The van der Waals surface area contributed by atoms with Crippen LogP contribution in [0.25, 0.3) is 0 Å². The quantitative estimate of drug-likeness (QED) is 0.182. The van der Waals surface area contributed by atoms with Gasteiger partial charge in [-0.05, 0) is 0 Å². The van der Waals surface area contributed by atoms with Gasteiger partial charge in [0.05, 0.1) is 85.5 Å². The van der Waals surface area contributed by atoms with Crippen molar-refractivity contribution in [2.75, 3.05) is 99.8 Å². The minimum atomic E-state index is -3.48. The van der Waals surface area contributed by atoms with Crippen LogP contribution in [-0.4, -0.2) is 114 Å². The van der Waals surface area contributed by atoms with Crippen molar-refractivity contribution in [3.05, 3.63) is 0 Å². The standard InChI is InChI=1S/C16H34O10S/c1-19-4-6-21-8-10-23-14-16(25-12-13-26-27(3,17)18)15-24-11-9-22-7-5-20-2/h16H,4-15H2,1-3H3. The molecule has 0 saturated heterocycles. The van der Waals surface area contributed by atoms with E-state index in [0.717, 1.165) is 6.26 Å². The Labute approximate surface area is 162 Å². The summed E-state index contributed by atoms with van der Waals surface area (Å²) in [5, 5.41) is 0. The van der Waals surface area contributed by atoms with Gasteiger partial charge in [0.25, 0.3) is 10.1 Å². The van der Waals surface area contributed by atoms with Crippen molar-refractivity contribution in [2.45, 2.75) is 6.10 Å². The van der Waals surface area contributed by atoms with Gasteiger partial charge < -0.3 is 33.2 Å². The first-order valence-electron chi connectivity index (χ1n) is 8.74. The summed E-state index contributed by atoms with van der Waals surface area (Å²) in [5.41, 5.74) is 0. The summed E-state index contributed by atoms with van der Waals surface area (Å²) < 4.78 is 63.5. The highest BCUT2D eigenvalue weighted by atomic mass is 32.2. The second kappa shape index (κ2) is 19.0. The third-order valence-electron chi connectivity index (χ3n) is 2.95. The minimum Gasteiger partial charge on any atom is -0.382 e. The number of hydrogen-bond donors (Lipinski definition) is 0. The fraction of sp³-hybridized carbons (Fsp3) is 1.00. The lowest BCUT2D eigenvalue weighted by Gasteiger charge is -2.18. The first kappa shape index (κ1) is 26.6. The van der Waals surface area contributed by atoms with Gasteiger partial charge in [0.2, 0.25) is 0 Å². The van der Waals surface area contributed by atoms with Crippen LogP contribution in [0.3, 0.4) is 0 Å². The van der Waals surface area contributed by atoms with Crippen molar-refractivity contribution in [2.24, 2.45) is 0 Å². The normalized spacial score (nSPS) is 12.1. The SMILES string of the molecule is COCCOCCOCC(COCCOCCOC)OCCOS(C)(=O)=O. The van der Waals surface area contributed by atoms with Gasteiger partial charge >= 0.3 is 0 Å². The molecule has 0 N–H and O–H groups in total. The Hall–Kier alpha value is -0.370. The summed E-state index contributed by atoms with van der Waals surface area (Å²) in [4.78, 5) is 0. The molecule has 0 saturated carbocycles. The van der Waals surface area contributed by atoms with Crippen LogP contribution >= 0.6 is 0 Å². The van der Waals surface area contributed by atoms with Crippen LogP contribution in [0.4, 0.5) is 0 Å². The van der Waals surface area contributed by atoms with Crippen LogP contribution in [0.15, 0.2) is 0 Å². The van der Waals surface area contributed by atoms with E-state index < -0.39 is 10.1 Å². The molecule has 0 heterocycles. The monoisotopic (exact) mass is 418 g/mol. The topological polar surface area (TPSA) is 108 Å². The molecule has 0 spiro atoms. The van der Waals surface area contributed by atoms with Crippen molar-refractivity contribution in [1.82, 2.24) is 0 Å². The number of rotatable bonds is 21. The molecule has 0 aromatic carbocycles. The van der Waals surface area contributed by atoms with Crippen LogP contribution < -0.4 is 0 Å². The lowest BCUT2D eigenvalue weighted by atomic mass is 10.4. The third kappa shape index (κ3) is 21.8. The van der Waals surface area contributed by atoms with Crippen molar-refractivity contribution in [1.29, 1.82) is 0 Å². The lowest BCUT2D eigenvalue weighted by Crippen LogP contribution is -2.29. The average Bonchev–Trinajstić information content (AvgIpc) is 2.62. The zero-order valence-electron chi connectivity index (χ0n) is 16.6. The van der Waals surface area contributed by atoms with Crippen LogP contribution in [0.2, 0.25) is 0 Å². The van der Waals surface area contributed by atoms with E-state index in [1.165, 1.54) is 0 Å². The zero-order valence-corrected chi connectivity index (χ0v) is 17.4. The number of methoxy groups -OCH3 is 2. The van der Waals surface area contributed by atoms with Gasteiger partial charge in [-0.1, -0.05) is 0 Å². The van der Waals surface area contributed by atoms with Gasteiger partial charge in [-0.15, -0.1) is 0 Å². The number of ether oxygens (including phenoxy) is 7. The van der Waals surface area contributed by atoms with Gasteiger partial charge in [-0.3, -0.25) is 4.18 Å². The van der Waals surface area contributed by atoms with Crippen molar-refractivity contribution < 1.29 is 45.8 Å². The maximum Gasteiger partial charge on any atom is 0.264 e. The smallest absolute Gasteiger partial charge is 0.264 e. The summed E-state index contributed by atoms with van der Waals surface area (Å²) in [6, 6.07) is 0. The van der Waals surface area contributed by atoms with E-state index >= 15 is 0 Å². The predicted octanol–water partition coefficient (Wildman–Crippen LogP) is -0.293. The van der Waals surface area contributed by atoms with Crippen LogP contribution in [0.5, 0.6) is 0 Å². The van der Waals surface area contributed by atoms with Crippen molar-refractivity contribution in [3.8, 4) is 0 Å². The predicted molar refractivity (Wildman–Crippen MR) is 97.6 cm³/mol. The van der Waals surface area contributed by atoms with E-state index in [9.17, 15) is 8.42 Å². The molecule has 0 amide bonds. The molecule has 0 bridgehead atoms. The van der Waals surface area contributed by atoms with Gasteiger partial charge in [-0.2, -0.15) is 8.42 Å². The van der Waals surface area contributed by atoms with Crippen molar-refractivity contribution in [3.63, 3.8) is 0 Å². The second-order valence-corrected chi connectivity index (χ2v) is 7.02. The molecule has 164 valence electrons. The Morgan fingerprint density at radius 1 is 0.630 bits per heavy atom. The second-order valence-electron chi connectivity index (χ2n) is 5.38. The molecule has 10 nitrogen and oxygen atoms in total. The molecule has 0 rings (SSSR count). The third-order valence-corrected chi connectivity index (χ3v) is 3.54. The van der Waals surface area contributed by atoms with E-state index in [4.69, 9.17) is 33.2 Å². The van der Waals surface area contributed by atoms with Gasteiger partial charge in [0.15, 0.2) is 0 Å².